The fraction of sp³-hybridized carbons (Fsp3) is 0.278. The van der Waals surface area contributed by atoms with E-state index in [0.29, 0.717) is 47.4 Å². The van der Waals surface area contributed by atoms with Crippen molar-refractivity contribution in [2.75, 3.05) is 34.8 Å². The zero-order chi connectivity index (χ0) is 21.6. The lowest BCUT2D eigenvalue weighted by Gasteiger charge is -2.10. The molecule has 0 aliphatic carbocycles. The number of carbonyl (C=O) groups excluding carboxylic acids is 1. The SMILES string of the molecule is CCNc1nc(NCC)n2c(SCC(=O)Nc3cccnc3-n3cccn3)nnc2n1. The van der Waals surface area contributed by atoms with Crippen molar-refractivity contribution in [2.24, 2.45) is 0 Å². The Morgan fingerprint density at radius 3 is 2.74 bits per heavy atom. The van der Waals surface area contributed by atoms with E-state index < -0.39 is 0 Å². The summed E-state index contributed by atoms with van der Waals surface area (Å²) in [7, 11) is 0. The van der Waals surface area contributed by atoms with Gasteiger partial charge < -0.3 is 16.0 Å². The first-order valence-corrected chi connectivity index (χ1v) is 10.7. The molecule has 0 saturated carbocycles. The Hall–Kier alpha value is -3.74. The molecule has 0 spiro atoms. The number of aromatic nitrogens is 8. The van der Waals surface area contributed by atoms with E-state index in [4.69, 9.17) is 0 Å². The Bertz CT molecular complexity index is 1170. The van der Waals surface area contributed by atoms with Gasteiger partial charge in [-0.05, 0) is 32.0 Å². The van der Waals surface area contributed by atoms with E-state index >= 15 is 0 Å². The van der Waals surface area contributed by atoms with Crippen molar-refractivity contribution in [1.82, 2.24) is 39.3 Å². The number of amides is 1. The minimum atomic E-state index is -0.210. The van der Waals surface area contributed by atoms with Crippen LogP contribution in [0.4, 0.5) is 17.6 Å². The lowest BCUT2D eigenvalue weighted by Crippen LogP contribution is -2.17. The molecule has 13 heteroatoms. The summed E-state index contributed by atoms with van der Waals surface area (Å²) in [5.41, 5.74) is 0.565. The molecule has 4 aromatic rings. The van der Waals surface area contributed by atoms with Crippen LogP contribution in [0, 0.1) is 0 Å². The maximum Gasteiger partial charge on any atom is 0.261 e. The highest BCUT2D eigenvalue weighted by Gasteiger charge is 2.16. The monoisotopic (exact) mass is 439 g/mol. The van der Waals surface area contributed by atoms with Gasteiger partial charge in [0.05, 0.1) is 11.4 Å². The fourth-order valence-electron chi connectivity index (χ4n) is 2.79. The van der Waals surface area contributed by atoms with Crippen LogP contribution < -0.4 is 16.0 Å². The van der Waals surface area contributed by atoms with Crippen LogP contribution in [0.5, 0.6) is 0 Å². The number of fused-ring (bicyclic) bond motifs is 1. The standard InChI is InChI=1S/C18H21N11OS/c1-3-19-15-24-16(20-4-2)29-17(25-15)26-27-18(29)31-11-13(30)23-12-7-5-8-21-14(12)28-10-6-9-22-28/h5-10H,3-4,11H2,1-2H3,(H,23,30)(H2,19,20,24,25,26). The van der Waals surface area contributed by atoms with E-state index in [1.807, 2.05) is 13.8 Å². The van der Waals surface area contributed by atoms with Gasteiger partial charge in [0.1, 0.15) is 0 Å². The van der Waals surface area contributed by atoms with Crippen LogP contribution in [-0.2, 0) is 4.79 Å². The number of nitrogens with zero attached hydrogens (tertiary/aromatic N) is 8. The van der Waals surface area contributed by atoms with Crippen molar-refractivity contribution in [2.45, 2.75) is 19.0 Å². The summed E-state index contributed by atoms with van der Waals surface area (Å²) >= 11 is 1.24. The molecule has 0 aliphatic heterocycles. The van der Waals surface area contributed by atoms with E-state index in [0.717, 1.165) is 0 Å². The number of hydrogen-bond acceptors (Lipinski definition) is 10. The molecule has 0 aromatic carbocycles. The Morgan fingerprint density at radius 2 is 1.97 bits per heavy atom. The van der Waals surface area contributed by atoms with E-state index in [2.05, 4.69) is 46.2 Å². The second-order valence-corrected chi connectivity index (χ2v) is 7.15. The van der Waals surface area contributed by atoms with Crippen molar-refractivity contribution in [1.29, 1.82) is 0 Å². The average Bonchev–Trinajstić information content (AvgIpc) is 3.43. The number of carbonyl (C=O) groups is 1. The summed E-state index contributed by atoms with van der Waals surface area (Å²) in [5.74, 6) is 1.88. The van der Waals surface area contributed by atoms with Gasteiger partial charge in [-0.3, -0.25) is 4.79 Å². The van der Waals surface area contributed by atoms with Gasteiger partial charge in [0.2, 0.25) is 17.8 Å². The third-order valence-electron chi connectivity index (χ3n) is 4.03. The lowest BCUT2D eigenvalue weighted by atomic mass is 10.4. The molecule has 4 rings (SSSR count). The van der Waals surface area contributed by atoms with Crippen LogP contribution in [0.25, 0.3) is 11.6 Å². The molecular formula is C18H21N11OS. The van der Waals surface area contributed by atoms with Crippen LogP contribution in [-0.4, -0.2) is 64.1 Å². The lowest BCUT2D eigenvalue weighted by molar-refractivity contribution is -0.113. The molecule has 4 aromatic heterocycles. The third kappa shape index (κ3) is 4.55. The molecule has 4 heterocycles. The summed E-state index contributed by atoms with van der Waals surface area (Å²) in [5, 5.41) is 22.1. The minimum absolute atomic E-state index is 0.120. The fourth-order valence-corrected chi connectivity index (χ4v) is 3.51. The normalized spacial score (nSPS) is 10.9. The third-order valence-corrected chi connectivity index (χ3v) is 4.96. The predicted octanol–water partition coefficient (Wildman–Crippen LogP) is 1.69. The van der Waals surface area contributed by atoms with Crippen LogP contribution in [0.15, 0.2) is 41.9 Å². The largest absolute Gasteiger partial charge is 0.355 e. The number of rotatable bonds is 9. The second-order valence-electron chi connectivity index (χ2n) is 6.21. The van der Waals surface area contributed by atoms with Crippen molar-refractivity contribution in [3.63, 3.8) is 0 Å². The Balaban J connectivity index is 1.50. The Kier molecular flexibility index (Phi) is 6.21. The molecule has 0 bridgehead atoms. The molecular weight excluding hydrogens is 418 g/mol. The van der Waals surface area contributed by atoms with Crippen LogP contribution in [0.3, 0.4) is 0 Å². The van der Waals surface area contributed by atoms with Gasteiger partial charge in [-0.1, -0.05) is 11.8 Å². The molecule has 0 unspecified atom stereocenters. The van der Waals surface area contributed by atoms with E-state index in [1.165, 1.54) is 11.8 Å². The molecule has 0 aliphatic rings. The second kappa shape index (κ2) is 9.38. The Labute approximate surface area is 181 Å². The Morgan fingerprint density at radius 1 is 1.10 bits per heavy atom. The molecule has 31 heavy (non-hydrogen) atoms. The smallest absolute Gasteiger partial charge is 0.261 e. The summed E-state index contributed by atoms with van der Waals surface area (Å²) in [4.78, 5) is 25.7. The first-order chi connectivity index (χ1) is 15.2. The molecule has 0 saturated heterocycles. The van der Waals surface area contributed by atoms with Gasteiger partial charge in [0.25, 0.3) is 5.78 Å². The topological polar surface area (TPSA) is 140 Å². The van der Waals surface area contributed by atoms with Crippen molar-refractivity contribution >= 4 is 41.0 Å². The first-order valence-electron chi connectivity index (χ1n) is 9.68. The molecule has 0 atom stereocenters. The zero-order valence-corrected chi connectivity index (χ0v) is 17.8. The summed E-state index contributed by atoms with van der Waals surface area (Å²) in [6, 6.07) is 5.32. The minimum Gasteiger partial charge on any atom is -0.355 e. The molecule has 3 N–H and O–H groups in total. The van der Waals surface area contributed by atoms with Gasteiger partial charge in [-0.15, -0.1) is 10.2 Å². The van der Waals surface area contributed by atoms with E-state index in [1.54, 1.807) is 45.9 Å². The number of anilines is 3. The van der Waals surface area contributed by atoms with Crippen LogP contribution in [0.2, 0.25) is 0 Å². The van der Waals surface area contributed by atoms with Gasteiger partial charge in [-0.25, -0.2) is 14.1 Å². The van der Waals surface area contributed by atoms with Gasteiger partial charge >= 0.3 is 0 Å². The maximum atomic E-state index is 12.6. The van der Waals surface area contributed by atoms with Gasteiger partial charge in [-0.2, -0.15) is 15.1 Å². The maximum absolute atomic E-state index is 12.6. The summed E-state index contributed by atoms with van der Waals surface area (Å²) in [6.45, 7) is 5.28. The molecule has 160 valence electrons. The number of hydrogen-bond donors (Lipinski definition) is 3. The predicted molar refractivity (Wildman–Crippen MR) is 118 cm³/mol. The first kappa shape index (κ1) is 20.5. The molecule has 12 nitrogen and oxygen atoms in total. The molecule has 0 fully saturated rings. The highest BCUT2D eigenvalue weighted by Crippen LogP contribution is 2.22. The number of thioether (sulfide) groups is 1. The van der Waals surface area contributed by atoms with Gasteiger partial charge in [0, 0.05) is 31.7 Å². The quantitative estimate of drug-likeness (QED) is 0.330. The van der Waals surface area contributed by atoms with Crippen molar-refractivity contribution in [3.05, 3.63) is 36.8 Å². The number of pyridine rings is 1. The number of nitrogens with one attached hydrogen (secondary N) is 3. The highest BCUT2D eigenvalue weighted by molar-refractivity contribution is 7.99. The van der Waals surface area contributed by atoms with Crippen molar-refractivity contribution in [3.8, 4) is 5.82 Å². The van der Waals surface area contributed by atoms with Crippen LogP contribution in [0.1, 0.15) is 13.8 Å². The van der Waals surface area contributed by atoms with Crippen molar-refractivity contribution < 1.29 is 4.79 Å². The average molecular weight is 440 g/mol. The zero-order valence-electron chi connectivity index (χ0n) is 17.0. The molecule has 1 amide bonds. The van der Waals surface area contributed by atoms with Gasteiger partial charge in [0.15, 0.2) is 11.0 Å². The van der Waals surface area contributed by atoms with E-state index in [-0.39, 0.29) is 11.7 Å². The highest BCUT2D eigenvalue weighted by atomic mass is 32.2. The summed E-state index contributed by atoms with van der Waals surface area (Å²) < 4.78 is 3.29. The van der Waals surface area contributed by atoms with E-state index in [9.17, 15) is 4.79 Å². The summed E-state index contributed by atoms with van der Waals surface area (Å²) in [6.07, 6.45) is 5.06. The molecule has 0 radical (unpaired) electrons. The van der Waals surface area contributed by atoms with Crippen LogP contribution >= 0.6 is 11.8 Å².